The summed E-state index contributed by atoms with van der Waals surface area (Å²) in [6.45, 7) is 4.13. The number of benzene rings is 1. The summed E-state index contributed by atoms with van der Waals surface area (Å²) in [5.74, 6) is 0.986. The molecule has 1 aliphatic carbocycles. The predicted molar refractivity (Wildman–Crippen MR) is 70.7 cm³/mol. The van der Waals surface area contributed by atoms with E-state index in [-0.39, 0.29) is 6.10 Å². The highest BCUT2D eigenvalue weighted by Crippen LogP contribution is 2.31. The van der Waals surface area contributed by atoms with E-state index in [4.69, 9.17) is 4.74 Å². The van der Waals surface area contributed by atoms with Gasteiger partial charge in [-0.2, -0.15) is 0 Å². The fourth-order valence-electron chi connectivity index (χ4n) is 2.73. The molecule has 0 spiro atoms. The molecule has 0 bridgehead atoms. The van der Waals surface area contributed by atoms with Gasteiger partial charge in [-0.25, -0.2) is 0 Å². The Hall–Kier alpha value is -1.44. The lowest BCUT2D eigenvalue weighted by molar-refractivity contribution is 0.243. The highest BCUT2D eigenvalue weighted by atomic mass is 16.5. The normalized spacial score (nSPS) is 15.2. The van der Waals surface area contributed by atoms with E-state index in [1.54, 1.807) is 0 Å². The Balaban J connectivity index is 2.08. The third-order valence-corrected chi connectivity index (χ3v) is 3.44. The molecule has 1 aliphatic rings. The first-order valence-electron chi connectivity index (χ1n) is 6.54. The molecule has 0 aliphatic heterocycles. The summed E-state index contributed by atoms with van der Waals surface area (Å²) in [6.07, 6.45) is 5.28. The van der Waals surface area contributed by atoms with Gasteiger partial charge in [-0.15, -0.1) is 0 Å². The van der Waals surface area contributed by atoms with Crippen molar-refractivity contribution in [3.05, 3.63) is 29.5 Å². The predicted octanol–water partition coefficient (Wildman–Crippen LogP) is 3.83. The van der Waals surface area contributed by atoms with E-state index >= 15 is 0 Å². The fourth-order valence-corrected chi connectivity index (χ4v) is 2.73. The van der Waals surface area contributed by atoms with Gasteiger partial charge >= 0.3 is 0 Å². The van der Waals surface area contributed by atoms with E-state index in [9.17, 15) is 0 Å². The van der Waals surface area contributed by atoms with Gasteiger partial charge in [-0.1, -0.05) is 0 Å². The molecule has 0 unspecified atom stereocenters. The van der Waals surface area contributed by atoms with E-state index < -0.39 is 0 Å². The topological polar surface area (TPSA) is 25.0 Å². The molecule has 1 aromatic carbocycles. The molecular formula is C15H19NO. The second-order valence-electron chi connectivity index (χ2n) is 5.16. The van der Waals surface area contributed by atoms with Gasteiger partial charge < -0.3 is 9.72 Å². The third-order valence-electron chi connectivity index (χ3n) is 3.44. The van der Waals surface area contributed by atoms with Crippen LogP contribution in [0.5, 0.6) is 5.75 Å². The van der Waals surface area contributed by atoms with Crippen LogP contribution >= 0.6 is 0 Å². The molecule has 0 saturated carbocycles. The van der Waals surface area contributed by atoms with Crippen molar-refractivity contribution in [3.63, 3.8) is 0 Å². The molecule has 0 radical (unpaired) electrons. The zero-order valence-corrected chi connectivity index (χ0v) is 10.5. The average Bonchev–Trinajstić information content (AvgIpc) is 2.66. The van der Waals surface area contributed by atoms with Crippen molar-refractivity contribution in [2.24, 2.45) is 0 Å². The molecule has 2 nitrogen and oxygen atoms in total. The fraction of sp³-hybridized carbons (Fsp3) is 0.467. The van der Waals surface area contributed by atoms with E-state index in [1.165, 1.54) is 47.8 Å². The van der Waals surface area contributed by atoms with Crippen LogP contribution < -0.4 is 4.74 Å². The summed E-state index contributed by atoms with van der Waals surface area (Å²) in [4.78, 5) is 3.54. The average molecular weight is 229 g/mol. The van der Waals surface area contributed by atoms with Gasteiger partial charge in [0.1, 0.15) is 5.75 Å². The molecule has 1 N–H and O–H groups in total. The van der Waals surface area contributed by atoms with Crippen LogP contribution in [-0.2, 0) is 12.8 Å². The number of hydrogen-bond donors (Lipinski definition) is 1. The quantitative estimate of drug-likeness (QED) is 0.831. The van der Waals surface area contributed by atoms with Crippen molar-refractivity contribution in [2.45, 2.75) is 45.6 Å². The molecule has 0 amide bonds. The Labute approximate surface area is 102 Å². The van der Waals surface area contributed by atoms with Crippen LogP contribution in [0.4, 0.5) is 0 Å². The molecule has 3 rings (SSSR count). The number of aromatic nitrogens is 1. The summed E-state index contributed by atoms with van der Waals surface area (Å²) in [5, 5.41) is 1.36. The van der Waals surface area contributed by atoms with Crippen LogP contribution in [0.2, 0.25) is 0 Å². The largest absolute Gasteiger partial charge is 0.491 e. The van der Waals surface area contributed by atoms with Gasteiger partial charge in [0.15, 0.2) is 0 Å². The van der Waals surface area contributed by atoms with Crippen molar-refractivity contribution >= 4 is 10.9 Å². The SMILES string of the molecule is CC(C)Oc1ccc2[nH]c3c(c2c1)CCCC3. The molecule has 2 aromatic rings. The number of fused-ring (bicyclic) bond motifs is 3. The Morgan fingerprint density at radius 3 is 2.82 bits per heavy atom. The van der Waals surface area contributed by atoms with Crippen LogP contribution in [0.3, 0.4) is 0 Å². The molecule has 0 saturated heterocycles. The summed E-state index contributed by atoms with van der Waals surface area (Å²) in [6, 6.07) is 6.39. The van der Waals surface area contributed by atoms with Crippen LogP contribution in [0.25, 0.3) is 10.9 Å². The lowest BCUT2D eigenvalue weighted by atomic mass is 9.96. The number of aromatic amines is 1. The molecule has 1 aromatic heterocycles. The van der Waals surface area contributed by atoms with Crippen molar-refractivity contribution in [1.82, 2.24) is 4.98 Å². The molecule has 2 heteroatoms. The summed E-state index contributed by atoms with van der Waals surface area (Å²) >= 11 is 0. The van der Waals surface area contributed by atoms with Crippen LogP contribution in [0.1, 0.15) is 37.9 Å². The first kappa shape index (κ1) is 10.7. The highest BCUT2D eigenvalue weighted by molar-refractivity contribution is 5.86. The van der Waals surface area contributed by atoms with Crippen molar-refractivity contribution < 1.29 is 4.74 Å². The van der Waals surface area contributed by atoms with Crippen LogP contribution in [-0.4, -0.2) is 11.1 Å². The van der Waals surface area contributed by atoms with Gasteiger partial charge in [0.05, 0.1) is 6.10 Å². The lowest BCUT2D eigenvalue weighted by Gasteiger charge is -2.11. The number of H-pyrrole nitrogens is 1. The monoisotopic (exact) mass is 229 g/mol. The van der Waals surface area contributed by atoms with Gasteiger partial charge in [-0.3, -0.25) is 0 Å². The minimum absolute atomic E-state index is 0.238. The van der Waals surface area contributed by atoms with Crippen LogP contribution in [0.15, 0.2) is 18.2 Å². The number of aryl methyl sites for hydroxylation is 2. The minimum atomic E-state index is 0.238. The second-order valence-corrected chi connectivity index (χ2v) is 5.16. The Kier molecular flexibility index (Phi) is 2.58. The van der Waals surface area contributed by atoms with Crippen molar-refractivity contribution in [2.75, 3.05) is 0 Å². The highest BCUT2D eigenvalue weighted by Gasteiger charge is 2.15. The first-order chi connectivity index (χ1) is 8.24. The van der Waals surface area contributed by atoms with E-state index in [2.05, 4.69) is 37.0 Å². The summed E-state index contributed by atoms with van der Waals surface area (Å²) in [7, 11) is 0. The smallest absolute Gasteiger partial charge is 0.120 e. The number of rotatable bonds is 2. The molecule has 1 heterocycles. The van der Waals surface area contributed by atoms with Gasteiger partial charge in [0.2, 0.25) is 0 Å². The maximum absolute atomic E-state index is 5.77. The molecule has 90 valence electrons. The summed E-state index contributed by atoms with van der Waals surface area (Å²) < 4.78 is 5.77. The maximum atomic E-state index is 5.77. The van der Waals surface area contributed by atoms with E-state index in [0.29, 0.717) is 0 Å². The van der Waals surface area contributed by atoms with Gasteiger partial charge in [-0.05, 0) is 63.3 Å². The molecule has 0 fully saturated rings. The minimum Gasteiger partial charge on any atom is -0.491 e. The summed E-state index contributed by atoms with van der Waals surface area (Å²) in [5.41, 5.74) is 4.21. The number of nitrogens with one attached hydrogen (secondary N) is 1. The van der Waals surface area contributed by atoms with Crippen molar-refractivity contribution in [1.29, 1.82) is 0 Å². The Morgan fingerprint density at radius 2 is 2.00 bits per heavy atom. The van der Waals surface area contributed by atoms with Crippen LogP contribution in [0, 0.1) is 0 Å². The van der Waals surface area contributed by atoms with Gasteiger partial charge in [0, 0.05) is 16.6 Å². The Bertz CT molecular complexity index is 539. The lowest BCUT2D eigenvalue weighted by Crippen LogP contribution is -2.05. The van der Waals surface area contributed by atoms with E-state index in [1.807, 2.05) is 0 Å². The van der Waals surface area contributed by atoms with E-state index in [0.717, 1.165) is 5.75 Å². The first-order valence-corrected chi connectivity index (χ1v) is 6.54. The molecule has 0 atom stereocenters. The Morgan fingerprint density at radius 1 is 1.18 bits per heavy atom. The van der Waals surface area contributed by atoms with Gasteiger partial charge in [0.25, 0.3) is 0 Å². The maximum Gasteiger partial charge on any atom is 0.120 e. The molecule has 17 heavy (non-hydrogen) atoms. The standard InChI is InChI=1S/C15H19NO/c1-10(2)17-11-7-8-15-13(9-11)12-5-3-4-6-14(12)16-15/h7-10,16H,3-6H2,1-2H3. The third kappa shape index (κ3) is 1.92. The zero-order valence-electron chi connectivity index (χ0n) is 10.5. The van der Waals surface area contributed by atoms with Crippen molar-refractivity contribution in [3.8, 4) is 5.75 Å². The number of hydrogen-bond acceptors (Lipinski definition) is 1. The zero-order chi connectivity index (χ0) is 11.8. The number of ether oxygens (including phenoxy) is 1. The second kappa shape index (κ2) is 4.10. The molecular weight excluding hydrogens is 210 g/mol.